The van der Waals surface area contributed by atoms with E-state index in [9.17, 15) is 4.79 Å². The average molecular weight is 313 g/mol. The number of anilines is 1. The van der Waals surface area contributed by atoms with Gasteiger partial charge in [0.15, 0.2) is 11.5 Å². The number of rotatable bonds is 6. The molecule has 1 amide bonds. The summed E-state index contributed by atoms with van der Waals surface area (Å²) >= 11 is 0. The molecule has 0 bridgehead atoms. The Bertz CT molecular complexity index is 695. The molecular formula is C19H23NO3. The van der Waals surface area contributed by atoms with Crippen LogP contribution in [0.4, 0.5) is 5.69 Å². The lowest BCUT2D eigenvalue weighted by Gasteiger charge is -2.10. The van der Waals surface area contributed by atoms with Crippen molar-refractivity contribution in [2.24, 2.45) is 0 Å². The third-order valence-electron chi connectivity index (χ3n) is 3.88. The highest BCUT2D eigenvalue weighted by atomic mass is 16.5. The summed E-state index contributed by atoms with van der Waals surface area (Å²) in [5.41, 5.74) is 4.26. The lowest BCUT2D eigenvalue weighted by molar-refractivity contribution is -0.116. The van der Waals surface area contributed by atoms with Crippen molar-refractivity contribution < 1.29 is 14.3 Å². The Labute approximate surface area is 137 Å². The summed E-state index contributed by atoms with van der Waals surface area (Å²) in [5.74, 6) is 1.37. The van der Waals surface area contributed by atoms with Crippen molar-refractivity contribution in [2.75, 3.05) is 19.5 Å². The van der Waals surface area contributed by atoms with Gasteiger partial charge in [-0.2, -0.15) is 0 Å². The molecule has 0 unspecified atom stereocenters. The van der Waals surface area contributed by atoms with Gasteiger partial charge in [0, 0.05) is 12.1 Å². The molecule has 2 aromatic rings. The lowest BCUT2D eigenvalue weighted by Crippen LogP contribution is -2.12. The number of hydrogen-bond donors (Lipinski definition) is 1. The third kappa shape index (κ3) is 4.49. The van der Waals surface area contributed by atoms with Gasteiger partial charge in [0.1, 0.15) is 0 Å². The van der Waals surface area contributed by atoms with Crippen molar-refractivity contribution in [3.63, 3.8) is 0 Å². The minimum atomic E-state index is 0.00281. The first kappa shape index (κ1) is 16.9. The molecule has 4 heteroatoms. The molecule has 0 heterocycles. The molecule has 0 aromatic heterocycles. The molecule has 0 saturated carbocycles. The number of methoxy groups -OCH3 is 2. The number of benzene rings is 2. The molecule has 1 N–H and O–H groups in total. The first-order valence-corrected chi connectivity index (χ1v) is 7.61. The van der Waals surface area contributed by atoms with Crippen molar-refractivity contribution in [1.82, 2.24) is 0 Å². The van der Waals surface area contributed by atoms with Crippen LogP contribution in [-0.2, 0) is 11.2 Å². The SMILES string of the molecule is COc1ccc(CCC(=O)Nc2ccc(C)c(C)c2)cc1OC. The van der Waals surface area contributed by atoms with Gasteiger partial charge in [-0.25, -0.2) is 0 Å². The van der Waals surface area contributed by atoms with E-state index in [1.807, 2.05) is 43.3 Å². The maximum Gasteiger partial charge on any atom is 0.224 e. The molecule has 0 aliphatic heterocycles. The van der Waals surface area contributed by atoms with Gasteiger partial charge in [-0.1, -0.05) is 12.1 Å². The summed E-state index contributed by atoms with van der Waals surface area (Å²) in [5, 5.41) is 2.94. The van der Waals surface area contributed by atoms with Crippen LogP contribution in [-0.4, -0.2) is 20.1 Å². The molecule has 0 fully saturated rings. The van der Waals surface area contributed by atoms with E-state index in [4.69, 9.17) is 9.47 Å². The van der Waals surface area contributed by atoms with E-state index in [-0.39, 0.29) is 5.91 Å². The predicted octanol–water partition coefficient (Wildman–Crippen LogP) is 3.89. The fourth-order valence-corrected chi connectivity index (χ4v) is 2.34. The molecule has 2 aromatic carbocycles. The van der Waals surface area contributed by atoms with E-state index < -0.39 is 0 Å². The molecule has 23 heavy (non-hydrogen) atoms. The van der Waals surface area contributed by atoms with Crippen LogP contribution in [0.5, 0.6) is 11.5 Å². The second-order valence-corrected chi connectivity index (χ2v) is 5.54. The summed E-state index contributed by atoms with van der Waals surface area (Å²) in [7, 11) is 3.21. The fourth-order valence-electron chi connectivity index (χ4n) is 2.34. The Morgan fingerprint density at radius 1 is 0.957 bits per heavy atom. The number of aryl methyl sites for hydroxylation is 3. The van der Waals surface area contributed by atoms with Gasteiger partial charge in [0.25, 0.3) is 0 Å². The highest BCUT2D eigenvalue weighted by molar-refractivity contribution is 5.91. The minimum Gasteiger partial charge on any atom is -0.493 e. The van der Waals surface area contributed by atoms with Gasteiger partial charge < -0.3 is 14.8 Å². The Balaban J connectivity index is 1.95. The number of carbonyl (C=O) groups is 1. The molecule has 0 aliphatic rings. The van der Waals surface area contributed by atoms with Crippen molar-refractivity contribution in [1.29, 1.82) is 0 Å². The molecule has 0 spiro atoms. The molecule has 4 nitrogen and oxygen atoms in total. The zero-order chi connectivity index (χ0) is 16.8. The third-order valence-corrected chi connectivity index (χ3v) is 3.88. The molecule has 0 atom stereocenters. The second kappa shape index (κ2) is 7.68. The van der Waals surface area contributed by atoms with Crippen LogP contribution in [0.2, 0.25) is 0 Å². The van der Waals surface area contributed by atoms with Crippen molar-refractivity contribution in [2.45, 2.75) is 26.7 Å². The van der Waals surface area contributed by atoms with Gasteiger partial charge in [-0.3, -0.25) is 4.79 Å². The monoisotopic (exact) mass is 313 g/mol. The summed E-state index contributed by atoms with van der Waals surface area (Å²) < 4.78 is 10.5. The first-order valence-electron chi connectivity index (χ1n) is 7.61. The quantitative estimate of drug-likeness (QED) is 0.880. The first-order chi connectivity index (χ1) is 11.0. The summed E-state index contributed by atoms with van der Waals surface area (Å²) in [6.07, 6.45) is 1.07. The van der Waals surface area contributed by atoms with Crippen LogP contribution < -0.4 is 14.8 Å². The zero-order valence-corrected chi connectivity index (χ0v) is 14.1. The van der Waals surface area contributed by atoms with Gasteiger partial charge in [0.05, 0.1) is 14.2 Å². The minimum absolute atomic E-state index is 0.00281. The molecular weight excluding hydrogens is 290 g/mol. The van der Waals surface area contributed by atoms with Gasteiger partial charge >= 0.3 is 0 Å². The Kier molecular flexibility index (Phi) is 5.63. The predicted molar refractivity (Wildman–Crippen MR) is 92.4 cm³/mol. The van der Waals surface area contributed by atoms with Crippen LogP contribution in [0.25, 0.3) is 0 Å². The van der Waals surface area contributed by atoms with Crippen molar-refractivity contribution in [3.05, 3.63) is 53.1 Å². The fraction of sp³-hybridized carbons (Fsp3) is 0.316. The Hall–Kier alpha value is -2.49. The molecule has 0 saturated heterocycles. The van der Waals surface area contributed by atoms with E-state index in [1.54, 1.807) is 14.2 Å². The zero-order valence-electron chi connectivity index (χ0n) is 14.1. The molecule has 0 aliphatic carbocycles. The second-order valence-electron chi connectivity index (χ2n) is 5.54. The number of hydrogen-bond acceptors (Lipinski definition) is 3. The van der Waals surface area contributed by atoms with Crippen LogP contribution in [0.15, 0.2) is 36.4 Å². The maximum atomic E-state index is 12.1. The number of nitrogens with one attached hydrogen (secondary N) is 1. The highest BCUT2D eigenvalue weighted by Crippen LogP contribution is 2.28. The average Bonchev–Trinajstić information content (AvgIpc) is 2.56. The number of ether oxygens (including phenoxy) is 2. The van der Waals surface area contributed by atoms with Crippen LogP contribution >= 0.6 is 0 Å². The smallest absolute Gasteiger partial charge is 0.224 e. The lowest BCUT2D eigenvalue weighted by atomic mass is 10.1. The molecule has 0 radical (unpaired) electrons. The van der Waals surface area contributed by atoms with Gasteiger partial charge in [0.2, 0.25) is 5.91 Å². The summed E-state index contributed by atoms with van der Waals surface area (Å²) in [6, 6.07) is 11.6. The Morgan fingerprint density at radius 2 is 1.70 bits per heavy atom. The summed E-state index contributed by atoms with van der Waals surface area (Å²) in [4.78, 5) is 12.1. The summed E-state index contributed by atoms with van der Waals surface area (Å²) in [6.45, 7) is 4.09. The van der Waals surface area contributed by atoms with E-state index >= 15 is 0 Å². The van der Waals surface area contributed by atoms with Crippen molar-refractivity contribution >= 4 is 11.6 Å². The van der Waals surface area contributed by atoms with E-state index in [1.165, 1.54) is 11.1 Å². The maximum absolute atomic E-state index is 12.1. The van der Waals surface area contributed by atoms with Gasteiger partial charge in [-0.05, 0) is 61.2 Å². The number of amides is 1. The number of carbonyl (C=O) groups excluding carboxylic acids is 1. The van der Waals surface area contributed by atoms with Gasteiger partial charge in [-0.15, -0.1) is 0 Å². The Morgan fingerprint density at radius 3 is 2.35 bits per heavy atom. The largest absolute Gasteiger partial charge is 0.493 e. The molecule has 122 valence electrons. The van der Waals surface area contributed by atoms with Crippen LogP contribution in [0.1, 0.15) is 23.1 Å². The van der Waals surface area contributed by atoms with Crippen molar-refractivity contribution in [3.8, 4) is 11.5 Å². The topological polar surface area (TPSA) is 47.6 Å². The standard InChI is InChI=1S/C19H23NO3/c1-13-5-8-16(11-14(13)2)20-19(21)10-7-15-6-9-17(22-3)18(12-15)23-4/h5-6,8-9,11-12H,7,10H2,1-4H3,(H,20,21). The van der Waals surface area contributed by atoms with Crippen LogP contribution in [0.3, 0.4) is 0 Å². The molecule has 2 rings (SSSR count). The van der Waals surface area contributed by atoms with E-state index in [2.05, 4.69) is 12.2 Å². The van der Waals surface area contributed by atoms with E-state index in [0.29, 0.717) is 24.3 Å². The normalized spacial score (nSPS) is 10.3. The van der Waals surface area contributed by atoms with Crippen LogP contribution in [0, 0.1) is 13.8 Å². The van der Waals surface area contributed by atoms with E-state index in [0.717, 1.165) is 11.3 Å². The highest BCUT2D eigenvalue weighted by Gasteiger charge is 2.07.